The molecule has 48 heavy (non-hydrogen) atoms. The number of thiazole rings is 1. The molecule has 2 aromatic rings. The molecule has 1 saturated heterocycles. The molecule has 7 nitrogen and oxygen atoms in total. The first-order valence-electron chi connectivity index (χ1n) is 18.5. The zero-order valence-corrected chi connectivity index (χ0v) is 31.3. The van der Waals surface area contributed by atoms with Crippen molar-refractivity contribution >= 4 is 22.4 Å². The van der Waals surface area contributed by atoms with E-state index in [4.69, 9.17) is 15.5 Å². The first-order valence-corrected chi connectivity index (χ1v) is 19.3. The van der Waals surface area contributed by atoms with Crippen molar-refractivity contribution in [2.24, 2.45) is 45.7 Å². The van der Waals surface area contributed by atoms with E-state index in [9.17, 15) is 15.0 Å². The molecule has 4 aliphatic carbocycles. The number of nitrogens with two attached hydrogens (primary N) is 1. The molecule has 7 rings (SSSR count). The lowest BCUT2D eigenvalue weighted by atomic mass is 9.35. The normalized spacial score (nSPS) is 42.3. The van der Waals surface area contributed by atoms with Gasteiger partial charge in [-0.1, -0.05) is 65.0 Å². The van der Waals surface area contributed by atoms with Gasteiger partial charge in [0, 0.05) is 10.3 Å². The van der Waals surface area contributed by atoms with Gasteiger partial charge in [0.2, 0.25) is 5.91 Å². The van der Waals surface area contributed by atoms with Crippen molar-refractivity contribution in [3.63, 3.8) is 0 Å². The average molecular weight is 678 g/mol. The fraction of sp³-hybridized carbons (Fsp3) is 0.750. The Bertz CT molecular complexity index is 1550. The maximum absolute atomic E-state index is 13.2. The lowest BCUT2D eigenvalue weighted by Crippen LogP contribution is -2.66. The largest absolute Gasteiger partial charge is 0.393 e. The van der Waals surface area contributed by atoms with Crippen molar-refractivity contribution in [2.45, 2.75) is 148 Å². The van der Waals surface area contributed by atoms with Crippen LogP contribution in [0, 0.1) is 39.9 Å². The number of carbonyl (C=O) groups excluding carboxylic acids is 1. The van der Waals surface area contributed by atoms with Gasteiger partial charge in [0.1, 0.15) is 0 Å². The van der Waals surface area contributed by atoms with Crippen LogP contribution in [0.1, 0.15) is 116 Å². The summed E-state index contributed by atoms with van der Waals surface area (Å²) in [4.78, 5) is 19.6. The average Bonchev–Trinajstić information content (AvgIpc) is 3.71. The van der Waals surface area contributed by atoms with Crippen LogP contribution in [0.3, 0.4) is 0 Å². The Hall–Kier alpha value is -1.84. The van der Waals surface area contributed by atoms with Gasteiger partial charge < -0.3 is 26.0 Å². The minimum atomic E-state index is -0.866. The molecular weight excluding hydrogens is 619 g/mol. The van der Waals surface area contributed by atoms with Crippen LogP contribution in [0.5, 0.6) is 0 Å². The van der Waals surface area contributed by atoms with Crippen molar-refractivity contribution < 1.29 is 19.7 Å². The number of nitrogens with one attached hydrogen (secondary N) is 1. The monoisotopic (exact) mass is 677 g/mol. The topological polar surface area (TPSA) is 118 Å². The molecule has 0 radical (unpaired) electrons. The minimum Gasteiger partial charge on any atom is -0.393 e. The van der Waals surface area contributed by atoms with Crippen LogP contribution in [0.4, 0.5) is 5.13 Å². The van der Waals surface area contributed by atoms with Crippen LogP contribution in [0.15, 0.2) is 30.3 Å². The van der Waals surface area contributed by atoms with Crippen LogP contribution in [0.2, 0.25) is 0 Å². The number of aliphatic hydroxyl groups is 2. The molecule has 5 aliphatic rings. The molecule has 1 amide bonds. The molecule has 4 fully saturated rings. The minimum absolute atomic E-state index is 0.000679. The van der Waals surface area contributed by atoms with Crippen molar-refractivity contribution in [3.05, 3.63) is 46.5 Å². The van der Waals surface area contributed by atoms with Gasteiger partial charge in [-0.3, -0.25) is 4.79 Å². The van der Waals surface area contributed by atoms with E-state index in [1.807, 2.05) is 44.2 Å². The number of hydrogen-bond donors (Lipinski definition) is 4. The summed E-state index contributed by atoms with van der Waals surface area (Å²) in [6, 6.07) is 9.26. The molecule has 8 heteroatoms. The second-order valence-electron chi connectivity index (χ2n) is 18.5. The van der Waals surface area contributed by atoms with E-state index in [1.54, 1.807) is 11.3 Å². The third-order valence-corrected chi connectivity index (χ3v) is 16.1. The highest BCUT2D eigenvalue weighted by Crippen LogP contribution is 2.76. The van der Waals surface area contributed by atoms with Crippen molar-refractivity contribution in [2.75, 3.05) is 5.32 Å². The van der Waals surface area contributed by atoms with Crippen LogP contribution in [0.25, 0.3) is 0 Å². The predicted octanol–water partition coefficient (Wildman–Crippen LogP) is 7.03. The lowest BCUT2D eigenvalue weighted by molar-refractivity contribution is -0.227. The first-order chi connectivity index (χ1) is 22.3. The van der Waals surface area contributed by atoms with E-state index >= 15 is 0 Å². The summed E-state index contributed by atoms with van der Waals surface area (Å²) < 4.78 is 6.75. The zero-order chi connectivity index (χ0) is 34.7. The summed E-state index contributed by atoms with van der Waals surface area (Å²) in [5.41, 5.74) is 7.24. The second-order valence-corrected chi connectivity index (χ2v) is 19.6. The molecule has 2 heterocycles. The standard InChI is InChI=1S/C40H59N3O4S/c1-35(2)28-15-18-38(6)29(21-26(44)31-24(14-17-39(31,38)7)40(8)19-16-30(47-40)36(3,4)46)37(28,5)22-27-32(35)42-34(48-27)43-33(45)25(41)20-23-12-10-9-11-13-23/h9-13,24-26,28-31,44,46H,14-22,41H2,1-8H3,(H,42,43,45)/t24-,25+,26+,28-,29+,30+,31-,37-,38+,39+,40-/m0/s1. The summed E-state index contributed by atoms with van der Waals surface area (Å²) in [5.74, 6) is 1.06. The highest BCUT2D eigenvalue weighted by molar-refractivity contribution is 7.15. The van der Waals surface area contributed by atoms with Crippen LogP contribution in [-0.4, -0.2) is 50.6 Å². The second kappa shape index (κ2) is 11.3. The maximum Gasteiger partial charge on any atom is 0.243 e. The molecule has 5 N–H and O–H groups in total. The van der Waals surface area contributed by atoms with Gasteiger partial charge in [0.05, 0.1) is 35.1 Å². The van der Waals surface area contributed by atoms with E-state index in [0.29, 0.717) is 23.4 Å². The highest BCUT2D eigenvalue weighted by Gasteiger charge is 2.72. The molecule has 3 saturated carbocycles. The fourth-order valence-corrected chi connectivity index (χ4v) is 13.9. The molecular formula is C40H59N3O4S. The number of rotatable bonds is 6. The Morgan fingerprint density at radius 3 is 2.40 bits per heavy atom. The Kier molecular flexibility index (Phi) is 8.17. The summed E-state index contributed by atoms with van der Waals surface area (Å²) in [5, 5.41) is 26.8. The Balaban J connectivity index is 1.15. The Labute approximate surface area is 291 Å². The van der Waals surface area contributed by atoms with Crippen LogP contribution >= 0.6 is 11.3 Å². The van der Waals surface area contributed by atoms with E-state index in [2.05, 4.69) is 46.9 Å². The quantitative estimate of drug-likeness (QED) is 0.261. The fourth-order valence-electron chi connectivity index (χ4n) is 12.6. The smallest absolute Gasteiger partial charge is 0.243 e. The Morgan fingerprint density at radius 1 is 1.04 bits per heavy atom. The number of fused-ring (bicyclic) bond motifs is 6. The SMILES string of the molecule is CC(C)(O)[C@H]1CC[C@@](C)([C@H]2CC[C@]3(C)[C@@H]2[C@H](O)C[C@@H]2[C@@]4(C)Cc5sc(NC(=O)[C@H](N)Cc6ccccc6)nc5C(C)(C)[C@@H]4CC[C@]23C)O1. The number of anilines is 1. The number of nitrogens with zero attached hydrogens (tertiary/aromatic N) is 1. The zero-order valence-electron chi connectivity index (χ0n) is 30.4. The number of ether oxygens (including phenoxy) is 1. The summed E-state index contributed by atoms with van der Waals surface area (Å²) in [6.07, 6.45) is 7.92. The van der Waals surface area contributed by atoms with E-state index in [1.165, 1.54) is 4.88 Å². The number of amides is 1. The summed E-state index contributed by atoms with van der Waals surface area (Å²) >= 11 is 1.62. The molecule has 11 atom stereocenters. The first kappa shape index (κ1) is 34.6. The van der Waals surface area contributed by atoms with Gasteiger partial charge in [-0.2, -0.15) is 0 Å². The van der Waals surface area contributed by atoms with Gasteiger partial charge >= 0.3 is 0 Å². The van der Waals surface area contributed by atoms with Crippen LogP contribution in [-0.2, 0) is 27.8 Å². The number of hydrogen-bond acceptors (Lipinski definition) is 7. The van der Waals surface area contributed by atoms with E-state index in [-0.39, 0.29) is 57.2 Å². The van der Waals surface area contributed by atoms with Gasteiger partial charge in [-0.05, 0) is 124 Å². The molecule has 0 spiro atoms. The number of aliphatic hydroxyl groups excluding tert-OH is 1. The molecule has 1 aromatic carbocycles. The predicted molar refractivity (Wildman–Crippen MR) is 192 cm³/mol. The van der Waals surface area contributed by atoms with Crippen molar-refractivity contribution in [1.82, 2.24) is 4.98 Å². The lowest BCUT2D eigenvalue weighted by Gasteiger charge is -2.69. The van der Waals surface area contributed by atoms with Crippen LogP contribution < -0.4 is 11.1 Å². The van der Waals surface area contributed by atoms with Gasteiger partial charge in [0.15, 0.2) is 5.13 Å². The van der Waals surface area contributed by atoms with E-state index in [0.717, 1.165) is 62.6 Å². The van der Waals surface area contributed by atoms with Crippen molar-refractivity contribution in [3.8, 4) is 0 Å². The molecule has 0 unspecified atom stereocenters. The molecule has 264 valence electrons. The van der Waals surface area contributed by atoms with Gasteiger partial charge in [0.25, 0.3) is 0 Å². The van der Waals surface area contributed by atoms with E-state index < -0.39 is 11.6 Å². The molecule has 0 bridgehead atoms. The highest BCUT2D eigenvalue weighted by atomic mass is 32.1. The third-order valence-electron chi connectivity index (χ3n) is 15.1. The third kappa shape index (κ3) is 5.09. The molecule has 1 aromatic heterocycles. The summed E-state index contributed by atoms with van der Waals surface area (Å²) in [6.45, 7) is 18.3. The molecule has 1 aliphatic heterocycles. The van der Waals surface area contributed by atoms with Crippen molar-refractivity contribution in [1.29, 1.82) is 0 Å². The number of carbonyl (C=O) groups is 1. The maximum atomic E-state index is 13.2. The summed E-state index contributed by atoms with van der Waals surface area (Å²) in [7, 11) is 0. The van der Waals surface area contributed by atoms with Gasteiger partial charge in [-0.25, -0.2) is 4.98 Å². The number of aromatic nitrogens is 1. The van der Waals surface area contributed by atoms with Gasteiger partial charge in [-0.15, -0.1) is 11.3 Å². The number of benzene rings is 1. The Morgan fingerprint density at radius 2 is 1.73 bits per heavy atom.